The Hall–Kier alpha value is -1.89. The Morgan fingerprint density at radius 3 is 0.867 bits per heavy atom. The molecule has 2 aliphatic heterocycles. The van der Waals surface area contributed by atoms with Gasteiger partial charge in [-0.1, -0.05) is 0 Å². The molecule has 0 spiro atoms. The third-order valence-electron chi connectivity index (χ3n) is 1.26. The van der Waals surface area contributed by atoms with E-state index in [4.69, 9.17) is 0 Å². The molecular weight excluding hydrogens is 220 g/mol. The predicted molar refractivity (Wildman–Crippen MR) is 55.0 cm³/mol. The number of imide groups is 2. The molecule has 2 N–H and O–H groups in total. The van der Waals surface area contributed by atoms with Gasteiger partial charge in [0.15, 0.2) is 0 Å². The van der Waals surface area contributed by atoms with Crippen LogP contribution in [0.15, 0.2) is 24.3 Å². The highest BCUT2D eigenvalue weighted by Gasteiger charge is 2.07. The van der Waals surface area contributed by atoms with E-state index in [9.17, 15) is 19.2 Å². The number of carbonyl (C=O) groups is 4. The molecule has 2 rings (SSSR count). The first-order valence-corrected chi connectivity index (χ1v) is 3.64. The number of hydrogen-bond acceptors (Lipinski definition) is 4. The lowest BCUT2D eigenvalue weighted by Gasteiger charge is -1.80. The molecule has 0 unspecified atom stereocenters. The van der Waals surface area contributed by atoms with Gasteiger partial charge in [0.1, 0.15) is 0 Å². The summed E-state index contributed by atoms with van der Waals surface area (Å²) < 4.78 is 0. The van der Waals surface area contributed by atoms with Crippen molar-refractivity contribution < 1.29 is 19.2 Å². The van der Waals surface area contributed by atoms with Crippen LogP contribution in [-0.4, -0.2) is 23.6 Å². The molecule has 4 amide bonds. The maximum atomic E-state index is 10.0. The third-order valence-corrected chi connectivity index (χ3v) is 1.26. The molecule has 80 valence electrons. The fraction of sp³-hybridized carbons (Fsp3) is 0. The SMILES string of the molecule is O=C1C=CC(=O)N1.O=C1C=CC(=O)N1.S. The van der Waals surface area contributed by atoms with Gasteiger partial charge < -0.3 is 0 Å². The molecule has 2 aliphatic rings. The minimum atomic E-state index is -0.329. The zero-order valence-electron chi connectivity index (χ0n) is 7.44. The van der Waals surface area contributed by atoms with Crippen LogP contribution in [0.25, 0.3) is 0 Å². The first-order chi connectivity index (χ1) is 6.58. The fourth-order valence-electron chi connectivity index (χ4n) is 0.712. The Morgan fingerprint density at radius 1 is 0.600 bits per heavy atom. The summed E-state index contributed by atoms with van der Waals surface area (Å²) in [5.74, 6) is -1.31. The molecule has 0 bridgehead atoms. The van der Waals surface area contributed by atoms with Crippen molar-refractivity contribution >= 4 is 37.1 Å². The highest BCUT2D eigenvalue weighted by Crippen LogP contribution is 1.83. The summed E-state index contributed by atoms with van der Waals surface area (Å²) in [5.41, 5.74) is 0. The van der Waals surface area contributed by atoms with E-state index < -0.39 is 0 Å². The van der Waals surface area contributed by atoms with Crippen molar-refractivity contribution in [2.24, 2.45) is 0 Å². The molecule has 0 saturated heterocycles. The predicted octanol–water partition coefficient (Wildman–Crippen LogP) is -1.49. The normalized spacial score (nSPS) is 16.5. The maximum absolute atomic E-state index is 10.0. The number of nitrogens with one attached hydrogen (secondary N) is 2. The second-order valence-electron chi connectivity index (χ2n) is 2.37. The summed E-state index contributed by atoms with van der Waals surface area (Å²) in [4.78, 5) is 40.1. The lowest BCUT2D eigenvalue weighted by atomic mass is 10.6. The molecular formula is C8H8N2O4S. The van der Waals surface area contributed by atoms with E-state index in [1.54, 1.807) is 0 Å². The van der Waals surface area contributed by atoms with Crippen molar-refractivity contribution in [2.45, 2.75) is 0 Å². The summed E-state index contributed by atoms with van der Waals surface area (Å²) in [7, 11) is 0. The molecule has 0 saturated carbocycles. The Morgan fingerprint density at radius 2 is 0.800 bits per heavy atom. The summed E-state index contributed by atoms with van der Waals surface area (Å²) >= 11 is 0. The average Bonchev–Trinajstić information content (AvgIpc) is 2.63. The van der Waals surface area contributed by atoms with Gasteiger partial charge in [-0.15, -0.1) is 0 Å². The van der Waals surface area contributed by atoms with E-state index in [-0.39, 0.29) is 37.1 Å². The Labute approximate surface area is 91.8 Å². The van der Waals surface area contributed by atoms with Crippen LogP contribution in [0.4, 0.5) is 0 Å². The van der Waals surface area contributed by atoms with Crippen LogP contribution in [0.3, 0.4) is 0 Å². The van der Waals surface area contributed by atoms with Crippen molar-refractivity contribution in [2.75, 3.05) is 0 Å². The molecule has 7 heteroatoms. The second-order valence-corrected chi connectivity index (χ2v) is 2.37. The third kappa shape index (κ3) is 4.77. The second kappa shape index (κ2) is 5.76. The van der Waals surface area contributed by atoms with Crippen LogP contribution in [0.5, 0.6) is 0 Å². The van der Waals surface area contributed by atoms with Crippen LogP contribution in [0.2, 0.25) is 0 Å². The summed E-state index contributed by atoms with van der Waals surface area (Å²) in [5, 5.41) is 4.06. The topological polar surface area (TPSA) is 92.3 Å². The van der Waals surface area contributed by atoms with E-state index in [1.165, 1.54) is 24.3 Å². The molecule has 2 heterocycles. The lowest BCUT2D eigenvalue weighted by Crippen LogP contribution is -2.19. The van der Waals surface area contributed by atoms with E-state index in [0.717, 1.165) is 0 Å². The van der Waals surface area contributed by atoms with Crippen molar-refractivity contribution in [1.29, 1.82) is 0 Å². The Bertz CT molecular complexity index is 305. The fourth-order valence-corrected chi connectivity index (χ4v) is 0.712. The smallest absolute Gasteiger partial charge is 0.250 e. The number of amides is 4. The van der Waals surface area contributed by atoms with Gasteiger partial charge >= 0.3 is 0 Å². The molecule has 0 aromatic rings. The van der Waals surface area contributed by atoms with Gasteiger partial charge in [-0.05, 0) is 0 Å². The molecule has 0 radical (unpaired) electrons. The van der Waals surface area contributed by atoms with Gasteiger partial charge in [-0.3, -0.25) is 29.8 Å². The van der Waals surface area contributed by atoms with Crippen molar-refractivity contribution in [1.82, 2.24) is 10.6 Å². The van der Waals surface area contributed by atoms with Gasteiger partial charge in [0, 0.05) is 24.3 Å². The molecule has 0 aliphatic carbocycles. The lowest BCUT2D eigenvalue weighted by molar-refractivity contribution is -0.125. The van der Waals surface area contributed by atoms with Crippen LogP contribution in [-0.2, 0) is 19.2 Å². The highest BCUT2D eigenvalue weighted by atomic mass is 32.1. The van der Waals surface area contributed by atoms with Crippen LogP contribution < -0.4 is 10.6 Å². The molecule has 6 nitrogen and oxygen atoms in total. The van der Waals surface area contributed by atoms with Crippen molar-refractivity contribution in [3.63, 3.8) is 0 Å². The van der Waals surface area contributed by atoms with Crippen LogP contribution in [0.1, 0.15) is 0 Å². The van der Waals surface area contributed by atoms with Gasteiger partial charge in [-0.25, -0.2) is 0 Å². The molecule has 0 aromatic heterocycles. The van der Waals surface area contributed by atoms with E-state index >= 15 is 0 Å². The molecule has 0 aromatic carbocycles. The summed E-state index contributed by atoms with van der Waals surface area (Å²) in [6, 6.07) is 0. The number of carbonyl (C=O) groups excluding carboxylic acids is 4. The number of rotatable bonds is 0. The minimum absolute atomic E-state index is 0. The standard InChI is InChI=1S/2C4H3NO2.H2S/c2*6-3-1-2-4(7)5-3;/h2*1-2H,(H,5,6,7);1H2. The first kappa shape index (κ1) is 13.1. The van der Waals surface area contributed by atoms with E-state index in [2.05, 4.69) is 0 Å². The summed E-state index contributed by atoms with van der Waals surface area (Å²) in [6.07, 6.45) is 4.79. The van der Waals surface area contributed by atoms with Crippen LogP contribution in [0, 0.1) is 0 Å². The zero-order chi connectivity index (χ0) is 10.6. The van der Waals surface area contributed by atoms with Gasteiger partial charge in [-0.2, -0.15) is 13.5 Å². The first-order valence-electron chi connectivity index (χ1n) is 3.64. The van der Waals surface area contributed by atoms with Gasteiger partial charge in [0.2, 0.25) is 0 Å². The van der Waals surface area contributed by atoms with E-state index in [1.807, 2.05) is 10.6 Å². The van der Waals surface area contributed by atoms with Crippen molar-refractivity contribution in [3.05, 3.63) is 24.3 Å². The Kier molecular flexibility index (Phi) is 5.03. The highest BCUT2D eigenvalue weighted by molar-refractivity contribution is 7.59. The quantitative estimate of drug-likeness (QED) is 0.494. The molecule has 15 heavy (non-hydrogen) atoms. The zero-order valence-corrected chi connectivity index (χ0v) is 8.44. The molecule has 0 atom stereocenters. The minimum Gasteiger partial charge on any atom is -0.289 e. The van der Waals surface area contributed by atoms with E-state index in [0.29, 0.717) is 0 Å². The van der Waals surface area contributed by atoms with Crippen LogP contribution >= 0.6 is 13.5 Å². The average molecular weight is 228 g/mol. The van der Waals surface area contributed by atoms with Gasteiger partial charge in [0.05, 0.1) is 0 Å². The number of hydrogen-bond donors (Lipinski definition) is 2. The maximum Gasteiger partial charge on any atom is 0.250 e. The monoisotopic (exact) mass is 228 g/mol. The Balaban J connectivity index is 0.000000245. The largest absolute Gasteiger partial charge is 0.289 e. The molecule has 0 fully saturated rings. The summed E-state index contributed by atoms with van der Waals surface area (Å²) in [6.45, 7) is 0. The van der Waals surface area contributed by atoms with Gasteiger partial charge in [0.25, 0.3) is 23.6 Å². The van der Waals surface area contributed by atoms with Crippen molar-refractivity contribution in [3.8, 4) is 0 Å².